The fourth-order valence-electron chi connectivity index (χ4n) is 3.87. The molecule has 0 spiro atoms. The normalized spacial score (nSPS) is 12.0. The number of rotatable bonds is 9. The van der Waals surface area contributed by atoms with Crippen LogP contribution < -0.4 is 10.2 Å². The third-order valence-corrected chi connectivity index (χ3v) is 6.00. The number of aliphatic hydroxyl groups excluding tert-OH is 1. The van der Waals surface area contributed by atoms with Crippen LogP contribution in [0.15, 0.2) is 59.5 Å². The number of aryl methyl sites for hydroxylation is 2. The molecule has 6 nitrogen and oxygen atoms in total. The Morgan fingerprint density at radius 1 is 1.06 bits per heavy atom. The average Bonchev–Trinajstić information content (AvgIpc) is 2.81. The molecule has 1 atom stereocenters. The lowest BCUT2D eigenvalue weighted by Gasteiger charge is -2.27. The van der Waals surface area contributed by atoms with Crippen LogP contribution in [-0.4, -0.2) is 28.9 Å². The summed E-state index contributed by atoms with van der Waals surface area (Å²) in [5.41, 5.74) is 3.95. The molecule has 180 valence electrons. The van der Waals surface area contributed by atoms with Gasteiger partial charge in [-0.3, -0.25) is 4.79 Å². The fraction of sp³-hybridized carbons (Fsp3) is 0.357. The summed E-state index contributed by atoms with van der Waals surface area (Å²) in [6, 6.07) is 14.9. The van der Waals surface area contributed by atoms with Crippen LogP contribution in [0.25, 0.3) is 11.3 Å². The van der Waals surface area contributed by atoms with Crippen molar-refractivity contribution >= 4 is 5.97 Å². The molecule has 1 aromatic heterocycles. The molecule has 3 rings (SSSR count). The van der Waals surface area contributed by atoms with Crippen LogP contribution in [0, 0.1) is 19.8 Å². The van der Waals surface area contributed by atoms with E-state index in [1.165, 1.54) is 12.3 Å². The first-order valence-corrected chi connectivity index (χ1v) is 11.6. The largest absolute Gasteiger partial charge is 0.488 e. The number of esters is 1. The van der Waals surface area contributed by atoms with Crippen LogP contribution in [0.5, 0.6) is 5.75 Å². The second kappa shape index (κ2) is 11.2. The molecule has 1 N–H and O–H groups in total. The minimum absolute atomic E-state index is 0.0431. The number of hydrogen-bond donors (Lipinski definition) is 1. The van der Waals surface area contributed by atoms with Gasteiger partial charge in [-0.25, -0.2) is 4.79 Å². The predicted molar refractivity (Wildman–Crippen MR) is 133 cm³/mol. The maximum absolute atomic E-state index is 13.0. The van der Waals surface area contributed by atoms with Crippen molar-refractivity contribution in [2.24, 2.45) is 5.92 Å². The van der Waals surface area contributed by atoms with Gasteiger partial charge in [0.2, 0.25) is 0 Å². The monoisotopic (exact) mass is 463 g/mol. The van der Waals surface area contributed by atoms with E-state index in [1.54, 1.807) is 11.5 Å². The molecule has 0 amide bonds. The Balaban J connectivity index is 2.20. The van der Waals surface area contributed by atoms with E-state index in [1.807, 2.05) is 70.2 Å². The van der Waals surface area contributed by atoms with E-state index in [9.17, 15) is 14.7 Å². The van der Waals surface area contributed by atoms with E-state index >= 15 is 0 Å². The third-order valence-electron chi connectivity index (χ3n) is 6.00. The van der Waals surface area contributed by atoms with Gasteiger partial charge in [0, 0.05) is 17.8 Å². The summed E-state index contributed by atoms with van der Waals surface area (Å²) in [5.74, 6) is -0.000141. The molecule has 0 bridgehead atoms. The number of ether oxygens (including phenoxy) is 2. The van der Waals surface area contributed by atoms with Crippen molar-refractivity contribution in [2.75, 3.05) is 13.2 Å². The smallest absolute Gasteiger partial charge is 0.343 e. The molecule has 3 aromatic rings. The van der Waals surface area contributed by atoms with Crippen LogP contribution in [0.2, 0.25) is 0 Å². The second-order valence-electron chi connectivity index (χ2n) is 8.77. The van der Waals surface area contributed by atoms with Crippen molar-refractivity contribution in [1.29, 1.82) is 0 Å². The standard InChI is InChI=1S/C28H33NO5/c1-6-33-28(32)23-15-29(25(16-30)18(2)3)24(14-26(23)31)22-12-19(4)20(5)13-27(22)34-17-21-10-8-7-9-11-21/h7-15,18,25,30H,6,16-17H2,1-5H3/t25-/m0/s1. The van der Waals surface area contributed by atoms with Crippen LogP contribution >= 0.6 is 0 Å². The number of aliphatic hydroxyl groups is 1. The van der Waals surface area contributed by atoms with Gasteiger partial charge in [0.25, 0.3) is 0 Å². The molecular formula is C28H33NO5. The van der Waals surface area contributed by atoms with E-state index in [-0.39, 0.29) is 30.7 Å². The Bertz CT molecular complexity index is 1200. The van der Waals surface area contributed by atoms with Crippen LogP contribution in [0.3, 0.4) is 0 Å². The van der Waals surface area contributed by atoms with Gasteiger partial charge in [-0.2, -0.15) is 0 Å². The van der Waals surface area contributed by atoms with Crippen LogP contribution in [0.1, 0.15) is 53.9 Å². The van der Waals surface area contributed by atoms with Gasteiger partial charge in [0.05, 0.1) is 24.9 Å². The Morgan fingerprint density at radius 3 is 2.35 bits per heavy atom. The lowest BCUT2D eigenvalue weighted by atomic mass is 9.98. The molecule has 34 heavy (non-hydrogen) atoms. The molecule has 0 aliphatic heterocycles. The molecule has 1 heterocycles. The predicted octanol–water partition coefficient (Wildman–Crippen LogP) is 5.08. The highest BCUT2D eigenvalue weighted by atomic mass is 16.5. The summed E-state index contributed by atoms with van der Waals surface area (Å²) in [4.78, 5) is 25.4. The SMILES string of the molecule is CCOC(=O)c1cn([C@@H](CO)C(C)C)c(-c2cc(C)c(C)cc2OCc2ccccc2)cc1=O. The van der Waals surface area contributed by atoms with Gasteiger partial charge < -0.3 is 19.1 Å². The summed E-state index contributed by atoms with van der Waals surface area (Å²) in [6.45, 7) is 10.1. The highest BCUT2D eigenvalue weighted by Crippen LogP contribution is 2.35. The van der Waals surface area contributed by atoms with E-state index in [0.29, 0.717) is 18.1 Å². The molecular weight excluding hydrogens is 430 g/mol. The molecule has 0 aliphatic carbocycles. The van der Waals surface area contributed by atoms with E-state index in [2.05, 4.69) is 0 Å². The van der Waals surface area contributed by atoms with Gasteiger partial charge in [0.15, 0.2) is 5.43 Å². The summed E-state index contributed by atoms with van der Waals surface area (Å²) in [7, 11) is 0. The first-order chi connectivity index (χ1) is 16.3. The van der Waals surface area contributed by atoms with Gasteiger partial charge in [-0.05, 0) is 55.5 Å². The summed E-state index contributed by atoms with van der Waals surface area (Å²) in [6.07, 6.45) is 1.51. The van der Waals surface area contributed by atoms with Crippen LogP contribution in [-0.2, 0) is 11.3 Å². The first kappa shape index (κ1) is 25.2. The number of benzene rings is 2. The zero-order valence-corrected chi connectivity index (χ0v) is 20.5. The molecule has 6 heteroatoms. The maximum Gasteiger partial charge on any atom is 0.343 e. The van der Waals surface area contributed by atoms with Gasteiger partial charge in [0.1, 0.15) is 17.9 Å². The van der Waals surface area contributed by atoms with Gasteiger partial charge >= 0.3 is 5.97 Å². The minimum Gasteiger partial charge on any atom is -0.488 e. The third kappa shape index (κ3) is 5.57. The number of hydrogen-bond acceptors (Lipinski definition) is 5. The number of carbonyl (C=O) groups excluding carboxylic acids is 1. The number of carbonyl (C=O) groups is 1. The number of aromatic nitrogens is 1. The summed E-state index contributed by atoms with van der Waals surface area (Å²) >= 11 is 0. The Hall–Kier alpha value is -3.38. The van der Waals surface area contributed by atoms with Crippen molar-refractivity contribution in [2.45, 2.75) is 47.3 Å². The lowest BCUT2D eigenvalue weighted by Crippen LogP contribution is -2.26. The minimum atomic E-state index is -0.672. The van der Waals surface area contributed by atoms with E-state index in [4.69, 9.17) is 9.47 Å². The van der Waals surface area contributed by atoms with Crippen molar-refractivity contribution in [3.05, 3.63) is 87.2 Å². The van der Waals surface area contributed by atoms with Crippen molar-refractivity contribution in [3.63, 3.8) is 0 Å². The Morgan fingerprint density at radius 2 is 1.74 bits per heavy atom. The number of pyridine rings is 1. The second-order valence-corrected chi connectivity index (χ2v) is 8.77. The lowest BCUT2D eigenvalue weighted by molar-refractivity contribution is 0.0523. The molecule has 0 saturated heterocycles. The van der Waals surface area contributed by atoms with Gasteiger partial charge in [-0.1, -0.05) is 44.2 Å². The average molecular weight is 464 g/mol. The first-order valence-electron chi connectivity index (χ1n) is 11.6. The molecule has 0 fully saturated rings. The zero-order valence-electron chi connectivity index (χ0n) is 20.5. The Kier molecular flexibility index (Phi) is 8.29. The van der Waals surface area contributed by atoms with Gasteiger partial charge in [-0.15, -0.1) is 0 Å². The summed E-state index contributed by atoms with van der Waals surface area (Å²) in [5, 5.41) is 10.2. The molecule has 0 unspecified atom stereocenters. The maximum atomic E-state index is 13.0. The highest BCUT2D eigenvalue weighted by Gasteiger charge is 2.24. The summed E-state index contributed by atoms with van der Waals surface area (Å²) < 4.78 is 13.1. The number of nitrogens with zero attached hydrogens (tertiary/aromatic N) is 1. The molecule has 2 aromatic carbocycles. The van der Waals surface area contributed by atoms with E-state index < -0.39 is 11.4 Å². The molecule has 0 radical (unpaired) electrons. The fourth-order valence-corrected chi connectivity index (χ4v) is 3.87. The topological polar surface area (TPSA) is 77.8 Å². The van der Waals surface area contributed by atoms with E-state index in [0.717, 1.165) is 22.3 Å². The highest BCUT2D eigenvalue weighted by molar-refractivity contribution is 5.89. The van der Waals surface area contributed by atoms with Crippen molar-refractivity contribution in [1.82, 2.24) is 4.57 Å². The Labute approximate surface area is 200 Å². The molecule has 0 saturated carbocycles. The van der Waals surface area contributed by atoms with Crippen LogP contribution in [0.4, 0.5) is 0 Å². The molecule has 0 aliphatic rings. The van der Waals surface area contributed by atoms with Crippen molar-refractivity contribution < 1.29 is 19.4 Å². The quantitative estimate of drug-likeness (QED) is 0.448. The van der Waals surface area contributed by atoms with Crippen molar-refractivity contribution in [3.8, 4) is 17.0 Å². The zero-order chi connectivity index (χ0) is 24.8.